The minimum atomic E-state index is -0.847. The summed E-state index contributed by atoms with van der Waals surface area (Å²) in [5.41, 5.74) is -0.366. The molecule has 1 aromatic heterocycles. The second-order valence-corrected chi connectivity index (χ2v) is 9.17. The molecule has 1 aromatic carbocycles. The molecule has 152 valence electrons. The van der Waals surface area contributed by atoms with E-state index in [-0.39, 0.29) is 16.7 Å². The van der Waals surface area contributed by atoms with Crippen LogP contribution < -0.4 is 10.9 Å². The highest BCUT2D eigenvalue weighted by Gasteiger charge is 2.61. The van der Waals surface area contributed by atoms with Crippen molar-refractivity contribution in [2.45, 2.75) is 37.6 Å². The molecule has 8 heteroatoms. The Morgan fingerprint density at radius 1 is 1.24 bits per heavy atom. The standard InChI is InChI=1S/C21H22ClN3O4/c22-18-16(24-14-2-1-3-15(26)7-14)10-23-25(19(18)27)21-8-11-4-12(9-21)6-13(5-11)17(21)20(28)29/h1-3,7,10-13,17,24,26H,4-6,8-9H2,(H,28,29). The van der Waals surface area contributed by atoms with Gasteiger partial charge in [-0.3, -0.25) is 9.59 Å². The second-order valence-electron chi connectivity index (χ2n) is 8.79. The zero-order valence-corrected chi connectivity index (χ0v) is 16.5. The van der Waals surface area contributed by atoms with Crippen molar-refractivity contribution >= 4 is 28.9 Å². The van der Waals surface area contributed by atoms with E-state index in [1.807, 2.05) is 0 Å². The number of nitrogens with one attached hydrogen (secondary N) is 1. The van der Waals surface area contributed by atoms with Gasteiger partial charge in [0.15, 0.2) is 0 Å². The van der Waals surface area contributed by atoms with Crippen LogP contribution in [-0.2, 0) is 10.3 Å². The van der Waals surface area contributed by atoms with Gasteiger partial charge in [0.25, 0.3) is 5.56 Å². The predicted octanol–water partition coefficient (Wildman–Crippen LogP) is 3.58. The highest BCUT2D eigenvalue weighted by atomic mass is 35.5. The smallest absolute Gasteiger partial charge is 0.309 e. The number of hydrogen-bond donors (Lipinski definition) is 3. The van der Waals surface area contributed by atoms with Crippen molar-refractivity contribution in [3.8, 4) is 5.75 Å². The largest absolute Gasteiger partial charge is 0.508 e. The van der Waals surface area contributed by atoms with E-state index < -0.39 is 23.0 Å². The first-order valence-electron chi connectivity index (χ1n) is 9.94. The van der Waals surface area contributed by atoms with Crippen LogP contribution in [0.15, 0.2) is 35.3 Å². The summed E-state index contributed by atoms with van der Waals surface area (Å²) in [7, 11) is 0. The number of anilines is 2. The third-order valence-electron chi connectivity index (χ3n) is 7.01. The monoisotopic (exact) mass is 415 g/mol. The SMILES string of the molecule is O=C(O)C1C2CC3CC(C2)CC1(n1ncc(Nc2cccc(O)c2)c(Cl)c1=O)C3. The summed E-state index contributed by atoms with van der Waals surface area (Å²) in [6.45, 7) is 0. The maximum Gasteiger partial charge on any atom is 0.309 e. The molecule has 4 fully saturated rings. The minimum absolute atomic E-state index is 0.0248. The Morgan fingerprint density at radius 3 is 2.62 bits per heavy atom. The van der Waals surface area contributed by atoms with E-state index >= 15 is 0 Å². The van der Waals surface area contributed by atoms with Crippen LogP contribution in [0.2, 0.25) is 5.02 Å². The fourth-order valence-corrected chi connectivity index (χ4v) is 6.49. The molecule has 1 heterocycles. The van der Waals surface area contributed by atoms with Gasteiger partial charge in [0.1, 0.15) is 10.8 Å². The Labute approximate surface area is 172 Å². The van der Waals surface area contributed by atoms with Gasteiger partial charge >= 0.3 is 5.97 Å². The van der Waals surface area contributed by atoms with Crippen molar-refractivity contribution in [1.82, 2.24) is 9.78 Å². The van der Waals surface area contributed by atoms with Gasteiger partial charge in [0, 0.05) is 11.8 Å². The quantitative estimate of drug-likeness (QED) is 0.705. The zero-order chi connectivity index (χ0) is 20.3. The lowest BCUT2D eigenvalue weighted by Gasteiger charge is -2.59. The fraction of sp³-hybridized carbons (Fsp3) is 0.476. The molecule has 0 saturated heterocycles. The summed E-state index contributed by atoms with van der Waals surface area (Å²) in [6.07, 6.45) is 5.78. The number of carboxylic acid groups (broad SMARTS) is 1. The molecule has 0 radical (unpaired) electrons. The number of phenols is 1. The molecule has 4 aliphatic rings. The van der Waals surface area contributed by atoms with Gasteiger partial charge < -0.3 is 15.5 Å². The number of aromatic nitrogens is 2. The molecular formula is C21H22ClN3O4. The number of rotatable bonds is 4. The number of carboxylic acids is 1. The third-order valence-corrected chi connectivity index (χ3v) is 7.37. The van der Waals surface area contributed by atoms with Crippen molar-refractivity contribution in [3.63, 3.8) is 0 Å². The lowest BCUT2D eigenvalue weighted by atomic mass is 9.48. The summed E-state index contributed by atoms with van der Waals surface area (Å²) in [5.74, 6) is -0.384. The molecule has 6 rings (SSSR count). The first-order chi connectivity index (χ1) is 13.9. The van der Waals surface area contributed by atoms with Gasteiger partial charge in [-0.25, -0.2) is 4.68 Å². The highest BCUT2D eigenvalue weighted by molar-refractivity contribution is 6.33. The molecule has 3 N–H and O–H groups in total. The van der Waals surface area contributed by atoms with Crippen LogP contribution in [0.5, 0.6) is 5.75 Å². The zero-order valence-electron chi connectivity index (χ0n) is 15.7. The number of nitrogens with zero attached hydrogens (tertiary/aromatic N) is 2. The molecule has 3 atom stereocenters. The number of aliphatic carboxylic acids is 1. The van der Waals surface area contributed by atoms with Gasteiger partial charge in [0.05, 0.1) is 23.3 Å². The average Bonchev–Trinajstić information content (AvgIpc) is 2.64. The third kappa shape index (κ3) is 2.82. The Balaban J connectivity index is 1.57. The summed E-state index contributed by atoms with van der Waals surface area (Å²) >= 11 is 6.41. The number of aromatic hydroxyl groups is 1. The topological polar surface area (TPSA) is 104 Å². The van der Waals surface area contributed by atoms with E-state index in [0.29, 0.717) is 36.1 Å². The summed E-state index contributed by atoms with van der Waals surface area (Å²) < 4.78 is 1.37. The maximum atomic E-state index is 13.2. The van der Waals surface area contributed by atoms with Crippen LogP contribution in [0, 0.1) is 23.7 Å². The van der Waals surface area contributed by atoms with Crippen LogP contribution in [0.1, 0.15) is 32.1 Å². The fourth-order valence-electron chi connectivity index (χ4n) is 6.31. The van der Waals surface area contributed by atoms with Crippen LogP contribution in [0.3, 0.4) is 0 Å². The molecule has 3 unspecified atom stereocenters. The molecule has 29 heavy (non-hydrogen) atoms. The number of halogens is 1. The van der Waals surface area contributed by atoms with Crippen molar-refractivity contribution in [1.29, 1.82) is 0 Å². The van der Waals surface area contributed by atoms with Crippen molar-refractivity contribution in [2.75, 3.05) is 5.32 Å². The summed E-state index contributed by atoms with van der Waals surface area (Å²) in [6, 6.07) is 6.47. The first kappa shape index (κ1) is 18.5. The Morgan fingerprint density at radius 2 is 1.97 bits per heavy atom. The van der Waals surface area contributed by atoms with Crippen molar-refractivity contribution in [3.05, 3.63) is 45.8 Å². The lowest BCUT2D eigenvalue weighted by molar-refractivity contribution is -0.168. The summed E-state index contributed by atoms with van der Waals surface area (Å²) in [5, 5.41) is 27.0. The van der Waals surface area contributed by atoms with E-state index in [9.17, 15) is 19.8 Å². The molecule has 4 saturated carbocycles. The van der Waals surface area contributed by atoms with Gasteiger partial charge in [-0.05, 0) is 62.0 Å². The van der Waals surface area contributed by atoms with Crippen LogP contribution in [0.25, 0.3) is 0 Å². The minimum Gasteiger partial charge on any atom is -0.508 e. The maximum absolute atomic E-state index is 13.2. The van der Waals surface area contributed by atoms with Gasteiger partial charge in [-0.1, -0.05) is 17.7 Å². The summed E-state index contributed by atoms with van der Waals surface area (Å²) in [4.78, 5) is 25.4. The molecule has 4 aliphatic carbocycles. The second kappa shape index (κ2) is 6.49. The molecular weight excluding hydrogens is 394 g/mol. The number of phenolic OH excluding ortho intramolecular Hbond substituents is 1. The average molecular weight is 416 g/mol. The van der Waals surface area contributed by atoms with Crippen molar-refractivity contribution in [2.24, 2.45) is 23.7 Å². The highest BCUT2D eigenvalue weighted by Crippen LogP contribution is 2.61. The molecule has 0 amide bonds. The normalized spacial score (nSPS) is 32.3. The first-order valence-corrected chi connectivity index (χ1v) is 10.3. The predicted molar refractivity (Wildman–Crippen MR) is 108 cm³/mol. The Kier molecular flexibility index (Phi) is 4.13. The van der Waals surface area contributed by atoms with Crippen LogP contribution in [-0.4, -0.2) is 26.0 Å². The lowest BCUT2D eigenvalue weighted by Crippen LogP contribution is -2.63. The Hall–Kier alpha value is -2.54. The van der Waals surface area contributed by atoms with Crippen LogP contribution >= 0.6 is 11.6 Å². The van der Waals surface area contributed by atoms with E-state index in [1.165, 1.54) is 16.9 Å². The molecule has 7 nitrogen and oxygen atoms in total. The van der Waals surface area contributed by atoms with E-state index in [2.05, 4.69) is 10.4 Å². The molecule has 2 aromatic rings. The Bertz CT molecular complexity index is 1040. The van der Waals surface area contributed by atoms with E-state index in [0.717, 1.165) is 19.3 Å². The van der Waals surface area contributed by atoms with Crippen LogP contribution in [0.4, 0.5) is 11.4 Å². The number of benzene rings is 1. The number of carbonyl (C=O) groups is 1. The molecule has 0 spiro atoms. The number of hydrogen-bond acceptors (Lipinski definition) is 5. The van der Waals surface area contributed by atoms with Gasteiger partial charge in [0.2, 0.25) is 0 Å². The van der Waals surface area contributed by atoms with E-state index in [1.54, 1.807) is 18.2 Å². The van der Waals surface area contributed by atoms with Gasteiger partial charge in [-0.15, -0.1) is 0 Å². The van der Waals surface area contributed by atoms with E-state index in [4.69, 9.17) is 11.6 Å². The molecule has 0 aliphatic heterocycles. The molecule has 4 bridgehead atoms. The van der Waals surface area contributed by atoms with Gasteiger partial charge in [-0.2, -0.15) is 5.10 Å². The van der Waals surface area contributed by atoms with Crippen molar-refractivity contribution < 1.29 is 15.0 Å².